The highest BCUT2D eigenvalue weighted by Crippen LogP contribution is 2.29. The van der Waals surface area contributed by atoms with E-state index in [1.807, 2.05) is 6.07 Å². The van der Waals surface area contributed by atoms with Crippen LogP contribution in [0.5, 0.6) is 0 Å². The van der Waals surface area contributed by atoms with Crippen LogP contribution < -0.4 is 0 Å². The number of nitrogens with zero attached hydrogens (tertiary/aromatic N) is 2. The lowest BCUT2D eigenvalue weighted by atomic mass is 10.0. The molecule has 0 spiro atoms. The Balaban J connectivity index is 1.74. The Morgan fingerprint density at radius 1 is 1.30 bits per heavy atom. The Morgan fingerprint density at radius 2 is 2.10 bits per heavy atom. The summed E-state index contributed by atoms with van der Waals surface area (Å²) in [6.45, 7) is 4.66. The van der Waals surface area contributed by atoms with E-state index >= 15 is 0 Å². The second kappa shape index (κ2) is 6.08. The van der Waals surface area contributed by atoms with Gasteiger partial charge in [0.15, 0.2) is 0 Å². The van der Waals surface area contributed by atoms with Crippen LogP contribution in [0.3, 0.4) is 0 Å². The molecule has 0 unspecified atom stereocenters. The monoisotopic (exact) mass is 336 g/mol. The fourth-order valence-corrected chi connectivity index (χ4v) is 2.87. The second-order valence-electron chi connectivity index (χ2n) is 5.04. The van der Waals surface area contributed by atoms with Crippen molar-refractivity contribution in [1.82, 2.24) is 10.1 Å². The second-order valence-corrected chi connectivity index (χ2v) is 5.96. The Labute approximate surface area is 126 Å². The number of benzene rings is 1. The van der Waals surface area contributed by atoms with E-state index in [1.54, 1.807) is 6.26 Å². The number of halogens is 1. The standard InChI is InChI=1S/C15H17BrN2O2/c1-11-15(12-2-4-13(16)5-3-12)19-9-7-18(11)10-14-6-8-20-17-14/h2-6,8,11,15H,7,9-10H2,1H3/t11-,15+/m1/s1. The van der Waals surface area contributed by atoms with Gasteiger partial charge in [0.25, 0.3) is 0 Å². The Bertz CT molecular complexity index is 542. The highest BCUT2D eigenvalue weighted by atomic mass is 79.9. The van der Waals surface area contributed by atoms with Gasteiger partial charge in [-0.25, -0.2) is 0 Å². The summed E-state index contributed by atoms with van der Waals surface area (Å²) < 4.78 is 12.0. The van der Waals surface area contributed by atoms with Gasteiger partial charge in [0, 0.05) is 29.7 Å². The minimum Gasteiger partial charge on any atom is -0.371 e. The smallest absolute Gasteiger partial charge is 0.124 e. The topological polar surface area (TPSA) is 38.5 Å². The zero-order chi connectivity index (χ0) is 13.9. The van der Waals surface area contributed by atoms with Crippen molar-refractivity contribution in [3.63, 3.8) is 0 Å². The minimum absolute atomic E-state index is 0.101. The lowest BCUT2D eigenvalue weighted by molar-refractivity contribution is -0.0708. The summed E-state index contributed by atoms with van der Waals surface area (Å²) >= 11 is 3.47. The fourth-order valence-electron chi connectivity index (χ4n) is 2.61. The lowest BCUT2D eigenvalue weighted by Crippen LogP contribution is -2.44. The maximum absolute atomic E-state index is 5.96. The zero-order valence-corrected chi connectivity index (χ0v) is 12.9. The van der Waals surface area contributed by atoms with Gasteiger partial charge in [0.1, 0.15) is 6.26 Å². The third-order valence-electron chi connectivity index (χ3n) is 3.74. The molecule has 1 aliphatic rings. The van der Waals surface area contributed by atoms with Crippen LogP contribution in [-0.2, 0) is 11.3 Å². The molecule has 1 aromatic heterocycles. The zero-order valence-electron chi connectivity index (χ0n) is 11.3. The molecule has 0 aliphatic carbocycles. The van der Waals surface area contributed by atoms with Crippen LogP contribution >= 0.6 is 15.9 Å². The molecule has 2 heterocycles. The molecule has 1 fully saturated rings. The van der Waals surface area contributed by atoms with Gasteiger partial charge in [-0.1, -0.05) is 33.2 Å². The third kappa shape index (κ3) is 2.95. The molecule has 1 aliphatic heterocycles. The van der Waals surface area contributed by atoms with E-state index in [0.717, 1.165) is 29.9 Å². The number of morpholine rings is 1. The predicted molar refractivity (Wildman–Crippen MR) is 79.2 cm³/mol. The first-order valence-corrected chi connectivity index (χ1v) is 7.54. The van der Waals surface area contributed by atoms with Crippen LogP contribution in [0.1, 0.15) is 24.3 Å². The maximum atomic E-state index is 5.96. The van der Waals surface area contributed by atoms with E-state index in [0.29, 0.717) is 6.04 Å². The van der Waals surface area contributed by atoms with E-state index in [4.69, 9.17) is 9.26 Å². The molecule has 0 N–H and O–H groups in total. The molecule has 20 heavy (non-hydrogen) atoms. The summed E-state index contributed by atoms with van der Waals surface area (Å²) in [7, 11) is 0. The lowest BCUT2D eigenvalue weighted by Gasteiger charge is -2.39. The van der Waals surface area contributed by atoms with Crippen molar-refractivity contribution in [2.75, 3.05) is 13.2 Å². The van der Waals surface area contributed by atoms with E-state index in [1.165, 1.54) is 5.56 Å². The number of ether oxygens (including phenoxy) is 1. The molecule has 1 aromatic carbocycles. The first-order valence-electron chi connectivity index (χ1n) is 6.74. The van der Waals surface area contributed by atoms with Gasteiger partial charge in [-0.15, -0.1) is 0 Å². The Kier molecular flexibility index (Phi) is 4.19. The predicted octanol–water partition coefficient (Wildman–Crippen LogP) is 3.40. The molecule has 106 valence electrons. The van der Waals surface area contributed by atoms with Gasteiger partial charge in [-0.3, -0.25) is 4.90 Å². The van der Waals surface area contributed by atoms with Gasteiger partial charge in [0.05, 0.1) is 18.4 Å². The largest absolute Gasteiger partial charge is 0.371 e. The molecule has 0 saturated carbocycles. The van der Waals surface area contributed by atoms with Crippen LogP contribution in [0, 0.1) is 0 Å². The molecule has 2 aromatic rings. The van der Waals surface area contributed by atoms with Crippen LogP contribution in [0.2, 0.25) is 0 Å². The number of hydrogen-bond donors (Lipinski definition) is 0. The van der Waals surface area contributed by atoms with E-state index in [-0.39, 0.29) is 6.10 Å². The van der Waals surface area contributed by atoms with Crippen molar-refractivity contribution in [2.24, 2.45) is 0 Å². The van der Waals surface area contributed by atoms with E-state index in [2.05, 4.69) is 57.2 Å². The fraction of sp³-hybridized carbons (Fsp3) is 0.400. The first-order chi connectivity index (χ1) is 9.74. The van der Waals surface area contributed by atoms with Crippen molar-refractivity contribution in [1.29, 1.82) is 0 Å². The molecule has 0 amide bonds. The van der Waals surface area contributed by atoms with E-state index in [9.17, 15) is 0 Å². The average molecular weight is 337 g/mol. The highest BCUT2D eigenvalue weighted by Gasteiger charge is 2.30. The summed E-state index contributed by atoms with van der Waals surface area (Å²) in [5.41, 5.74) is 2.18. The van der Waals surface area contributed by atoms with Crippen molar-refractivity contribution in [3.8, 4) is 0 Å². The molecule has 2 atom stereocenters. The average Bonchev–Trinajstić information content (AvgIpc) is 2.95. The Hall–Kier alpha value is -1.17. The molecule has 3 rings (SSSR count). The molecule has 4 nitrogen and oxygen atoms in total. The molecular formula is C15H17BrN2O2. The summed E-state index contributed by atoms with van der Waals surface area (Å²) in [5.74, 6) is 0. The van der Waals surface area contributed by atoms with Crippen LogP contribution in [-0.4, -0.2) is 29.3 Å². The number of aromatic nitrogens is 1. The van der Waals surface area contributed by atoms with Crippen LogP contribution in [0.15, 0.2) is 45.6 Å². The van der Waals surface area contributed by atoms with Gasteiger partial charge in [-0.2, -0.15) is 0 Å². The minimum atomic E-state index is 0.101. The normalized spacial score (nSPS) is 23.9. The molecular weight excluding hydrogens is 320 g/mol. The third-order valence-corrected chi connectivity index (χ3v) is 4.27. The van der Waals surface area contributed by atoms with Gasteiger partial charge >= 0.3 is 0 Å². The van der Waals surface area contributed by atoms with Crippen molar-refractivity contribution >= 4 is 15.9 Å². The summed E-state index contributed by atoms with van der Waals surface area (Å²) in [6, 6.07) is 10.6. The van der Waals surface area contributed by atoms with Crippen LogP contribution in [0.25, 0.3) is 0 Å². The molecule has 5 heteroatoms. The Morgan fingerprint density at radius 3 is 2.80 bits per heavy atom. The van der Waals surface area contributed by atoms with Gasteiger partial charge in [-0.05, 0) is 24.6 Å². The number of rotatable bonds is 3. The van der Waals surface area contributed by atoms with Gasteiger partial charge < -0.3 is 9.26 Å². The molecule has 1 saturated heterocycles. The first kappa shape index (κ1) is 13.8. The van der Waals surface area contributed by atoms with Gasteiger partial charge in [0.2, 0.25) is 0 Å². The van der Waals surface area contributed by atoms with Crippen molar-refractivity contribution in [2.45, 2.75) is 25.6 Å². The van der Waals surface area contributed by atoms with Crippen molar-refractivity contribution < 1.29 is 9.26 Å². The highest BCUT2D eigenvalue weighted by molar-refractivity contribution is 9.10. The quantitative estimate of drug-likeness (QED) is 0.861. The SMILES string of the molecule is C[C@@H]1[C@@H](c2ccc(Br)cc2)OCCN1Cc1ccon1. The summed E-state index contributed by atoms with van der Waals surface area (Å²) in [5, 5.41) is 3.99. The molecule has 0 bridgehead atoms. The molecule has 0 radical (unpaired) electrons. The van der Waals surface area contributed by atoms with E-state index < -0.39 is 0 Å². The van der Waals surface area contributed by atoms with Crippen molar-refractivity contribution in [3.05, 3.63) is 52.3 Å². The maximum Gasteiger partial charge on any atom is 0.124 e. The number of hydrogen-bond acceptors (Lipinski definition) is 4. The summed E-state index contributed by atoms with van der Waals surface area (Å²) in [6.07, 6.45) is 1.72. The summed E-state index contributed by atoms with van der Waals surface area (Å²) in [4.78, 5) is 2.38. The van der Waals surface area contributed by atoms with Crippen LogP contribution in [0.4, 0.5) is 0 Å².